The number of benzene rings is 1. The van der Waals surface area contributed by atoms with Gasteiger partial charge in [-0.15, -0.1) is 0 Å². The maximum atomic E-state index is 8.90. The van der Waals surface area contributed by atoms with Crippen LogP contribution in [0.4, 0.5) is 11.4 Å². The predicted octanol–water partition coefficient (Wildman–Crippen LogP) is 4.77. The smallest absolute Gasteiger partial charge is 0.112 e. The van der Waals surface area contributed by atoms with Gasteiger partial charge in [0, 0.05) is 21.3 Å². The Kier molecular flexibility index (Phi) is 3.86. The Morgan fingerprint density at radius 1 is 1.05 bits per heavy atom. The number of aromatic nitrogens is 2. The van der Waals surface area contributed by atoms with Gasteiger partial charge in [0.05, 0.1) is 28.5 Å². The van der Waals surface area contributed by atoms with Gasteiger partial charge in [0.2, 0.25) is 0 Å². The molecule has 0 aliphatic carbocycles. The molecule has 0 radical (unpaired) electrons. The molecule has 102 valence electrons. The first-order valence-electron chi connectivity index (χ1n) is 6.04. The standard InChI is InChI=1S/C15H8Br2N4/c16-10-6-14-15(20-8-10)13(3-4-19-14)21-12-2-1-9(7-18)5-11(12)17/h1-6,8H,(H,19,21). The molecule has 3 rings (SSSR count). The van der Waals surface area contributed by atoms with Crippen LogP contribution in [0, 0.1) is 11.3 Å². The zero-order valence-electron chi connectivity index (χ0n) is 10.6. The molecular weight excluding hydrogens is 396 g/mol. The van der Waals surface area contributed by atoms with E-state index in [0.717, 1.165) is 31.4 Å². The quantitative estimate of drug-likeness (QED) is 0.669. The first kappa shape index (κ1) is 14.0. The number of halogens is 2. The number of nitrogens with one attached hydrogen (secondary N) is 1. The average Bonchev–Trinajstić information content (AvgIpc) is 2.49. The number of hydrogen-bond donors (Lipinski definition) is 1. The van der Waals surface area contributed by atoms with Crippen LogP contribution in [-0.2, 0) is 0 Å². The second-order valence-electron chi connectivity index (χ2n) is 4.31. The van der Waals surface area contributed by atoms with Crippen molar-refractivity contribution < 1.29 is 0 Å². The third-order valence-corrected chi connectivity index (χ3v) is 4.00. The van der Waals surface area contributed by atoms with E-state index in [0.29, 0.717) is 5.56 Å². The summed E-state index contributed by atoms with van der Waals surface area (Å²) in [5.41, 5.74) is 3.93. The van der Waals surface area contributed by atoms with Crippen LogP contribution < -0.4 is 5.32 Å². The van der Waals surface area contributed by atoms with E-state index in [-0.39, 0.29) is 0 Å². The minimum atomic E-state index is 0.606. The van der Waals surface area contributed by atoms with Crippen molar-refractivity contribution in [1.29, 1.82) is 5.26 Å². The predicted molar refractivity (Wildman–Crippen MR) is 89.4 cm³/mol. The van der Waals surface area contributed by atoms with Gasteiger partial charge < -0.3 is 5.32 Å². The van der Waals surface area contributed by atoms with E-state index in [1.807, 2.05) is 18.2 Å². The van der Waals surface area contributed by atoms with Crippen LogP contribution in [0.2, 0.25) is 0 Å². The average molecular weight is 404 g/mol. The molecule has 0 atom stereocenters. The van der Waals surface area contributed by atoms with Gasteiger partial charge in [0.1, 0.15) is 5.52 Å². The number of nitriles is 1. The van der Waals surface area contributed by atoms with E-state index in [1.165, 1.54) is 0 Å². The number of fused-ring (bicyclic) bond motifs is 1. The van der Waals surface area contributed by atoms with E-state index in [9.17, 15) is 0 Å². The summed E-state index contributed by atoms with van der Waals surface area (Å²) in [6, 6.07) is 11.3. The van der Waals surface area contributed by atoms with Crippen molar-refractivity contribution in [2.45, 2.75) is 0 Å². The molecule has 4 nitrogen and oxygen atoms in total. The Morgan fingerprint density at radius 3 is 2.67 bits per heavy atom. The van der Waals surface area contributed by atoms with Crippen LogP contribution in [0.25, 0.3) is 11.0 Å². The number of hydrogen-bond acceptors (Lipinski definition) is 4. The third-order valence-electron chi connectivity index (χ3n) is 2.91. The van der Waals surface area contributed by atoms with Crippen molar-refractivity contribution in [2.24, 2.45) is 0 Å². The lowest BCUT2D eigenvalue weighted by Gasteiger charge is -2.10. The summed E-state index contributed by atoms with van der Waals surface area (Å²) in [6.07, 6.45) is 3.47. The summed E-state index contributed by atoms with van der Waals surface area (Å²) in [5, 5.41) is 12.2. The van der Waals surface area contributed by atoms with Gasteiger partial charge in [0.25, 0.3) is 0 Å². The minimum absolute atomic E-state index is 0.606. The van der Waals surface area contributed by atoms with Gasteiger partial charge in [-0.05, 0) is 62.2 Å². The normalized spacial score (nSPS) is 10.3. The molecule has 0 saturated heterocycles. The Labute approximate surface area is 138 Å². The van der Waals surface area contributed by atoms with E-state index >= 15 is 0 Å². The van der Waals surface area contributed by atoms with Crippen LogP contribution in [-0.4, -0.2) is 9.97 Å². The number of anilines is 2. The van der Waals surface area contributed by atoms with Gasteiger partial charge >= 0.3 is 0 Å². The summed E-state index contributed by atoms with van der Waals surface area (Å²) in [7, 11) is 0. The van der Waals surface area contributed by atoms with Gasteiger partial charge in [0.15, 0.2) is 0 Å². The van der Waals surface area contributed by atoms with Crippen molar-refractivity contribution >= 4 is 54.3 Å². The molecule has 3 aromatic rings. The summed E-state index contributed by atoms with van der Waals surface area (Å²) >= 11 is 6.85. The van der Waals surface area contributed by atoms with E-state index in [4.69, 9.17) is 5.26 Å². The van der Waals surface area contributed by atoms with Gasteiger partial charge in [-0.3, -0.25) is 9.97 Å². The molecule has 0 aliphatic rings. The number of pyridine rings is 2. The molecule has 0 fully saturated rings. The van der Waals surface area contributed by atoms with Crippen LogP contribution in [0.15, 0.2) is 51.7 Å². The highest BCUT2D eigenvalue weighted by atomic mass is 79.9. The Morgan fingerprint density at radius 2 is 1.90 bits per heavy atom. The Balaban J connectivity index is 2.04. The molecular formula is C15H8Br2N4. The first-order valence-corrected chi connectivity index (χ1v) is 7.63. The number of rotatable bonds is 2. The molecule has 0 spiro atoms. The van der Waals surface area contributed by atoms with Crippen LogP contribution in [0.1, 0.15) is 5.56 Å². The molecule has 1 N–H and O–H groups in total. The molecule has 0 bridgehead atoms. The van der Waals surface area contributed by atoms with Crippen molar-refractivity contribution in [3.63, 3.8) is 0 Å². The molecule has 0 aliphatic heterocycles. The summed E-state index contributed by atoms with van der Waals surface area (Å²) in [4.78, 5) is 8.71. The largest absolute Gasteiger partial charge is 0.353 e. The van der Waals surface area contributed by atoms with Crippen molar-refractivity contribution in [3.8, 4) is 6.07 Å². The van der Waals surface area contributed by atoms with Crippen molar-refractivity contribution in [3.05, 3.63) is 57.2 Å². The van der Waals surface area contributed by atoms with Crippen LogP contribution in [0.3, 0.4) is 0 Å². The Hall–Kier alpha value is -1.97. The van der Waals surface area contributed by atoms with Crippen LogP contribution in [0.5, 0.6) is 0 Å². The summed E-state index contributed by atoms with van der Waals surface area (Å²) in [5.74, 6) is 0. The molecule has 21 heavy (non-hydrogen) atoms. The Bertz CT molecular complexity index is 871. The number of nitrogens with zero attached hydrogens (tertiary/aromatic N) is 3. The fourth-order valence-corrected chi connectivity index (χ4v) is 2.73. The van der Waals surface area contributed by atoms with E-state index < -0.39 is 0 Å². The molecule has 0 saturated carbocycles. The second kappa shape index (κ2) is 5.80. The highest BCUT2D eigenvalue weighted by Crippen LogP contribution is 2.30. The third kappa shape index (κ3) is 2.89. The lowest BCUT2D eigenvalue weighted by atomic mass is 10.2. The molecule has 6 heteroatoms. The fourth-order valence-electron chi connectivity index (χ4n) is 1.94. The molecule has 1 aromatic carbocycles. The molecule has 2 aromatic heterocycles. The minimum Gasteiger partial charge on any atom is -0.353 e. The second-order valence-corrected chi connectivity index (χ2v) is 6.08. The first-order chi connectivity index (χ1) is 10.2. The summed E-state index contributed by atoms with van der Waals surface area (Å²) in [6.45, 7) is 0. The highest BCUT2D eigenvalue weighted by Gasteiger charge is 2.07. The highest BCUT2D eigenvalue weighted by molar-refractivity contribution is 9.10. The topological polar surface area (TPSA) is 61.6 Å². The van der Waals surface area contributed by atoms with Gasteiger partial charge in [-0.1, -0.05) is 0 Å². The van der Waals surface area contributed by atoms with Gasteiger partial charge in [-0.2, -0.15) is 5.26 Å². The SMILES string of the molecule is N#Cc1ccc(Nc2ccnc3cc(Br)cnc23)c(Br)c1. The summed E-state index contributed by atoms with van der Waals surface area (Å²) < 4.78 is 1.71. The molecule has 0 amide bonds. The molecule has 2 heterocycles. The van der Waals surface area contributed by atoms with E-state index in [1.54, 1.807) is 24.5 Å². The molecule has 0 unspecified atom stereocenters. The lowest BCUT2D eigenvalue weighted by molar-refractivity contribution is 1.32. The maximum absolute atomic E-state index is 8.90. The van der Waals surface area contributed by atoms with Crippen molar-refractivity contribution in [2.75, 3.05) is 5.32 Å². The lowest BCUT2D eigenvalue weighted by Crippen LogP contribution is -1.95. The van der Waals surface area contributed by atoms with Crippen LogP contribution >= 0.6 is 31.9 Å². The maximum Gasteiger partial charge on any atom is 0.112 e. The zero-order valence-corrected chi connectivity index (χ0v) is 13.8. The van der Waals surface area contributed by atoms with E-state index in [2.05, 4.69) is 53.2 Å². The van der Waals surface area contributed by atoms with Crippen molar-refractivity contribution in [1.82, 2.24) is 9.97 Å². The van der Waals surface area contributed by atoms with Gasteiger partial charge in [-0.25, -0.2) is 0 Å². The fraction of sp³-hybridized carbons (Fsp3) is 0. The monoisotopic (exact) mass is 402 g/mol. The zero-order chi connectivity index (χ0) is 14.8.